The maximum atomic E-state index is 13.5. The number of carbonyl (C=O) groups excluding carboxylic acids is 1. The number of nitrogens with zero attached hydrogens (tertiary/aromatic N) is 1. The topological polar surface area (TPSA) is 104 Å². The Labute approximate surface area is 254 Å². The summed E-state index contributed by atoms with van der Waals surface area (Å²) in [5.41, 5.74) is 4.61. The molecule has 9 heteroatoms. The van der Waals surface area contributed by atoms with E-state index in [9.17, 15) is 23.1 Å². The van der Waals surface area contributed by atoms with Gasteiger partial charge in [0.15, 0.2) is 0 Å². The van der Waals surface area contributed by atoms with Crippen LogP contribution in [0.25, 0.3) is 11.1 Å². The highest BCUT2D eigenvalue weighted by Gasteiger charge is 2.25. The standard InChI is InChI=1S/C33H42N2O5S2/c1-4-5-22-42(39,40)35(20-19-26-13-7-6-8-14-26)24-27-17-18-29(30(23-27)28-15-10-9-12-25(28)2)32(36)34-31(33(37)38)16-11-21-41-3/h6-10,12-15,17-18,23,31H,4-5,11,16,19-22,24H2,1-3H3,(H,34,36)(H,37,38). The third-order valence-electron chi connectivity index (χ3n) is 7.21. The Morgan fingerprint density at radius 3 is 2.33 bits per heavy atom. The molecule has 0 heterocycles. The van der Waals surface area contributed by atoms with Crippen molar-refractivity contribution in [1.29, 1.82) is 0 Å². The zero-order chi connectivity index (χ0) is 30.5. The van der Waals surface area contributed by atoms with Crippen LogP contribution in [-0.2, 0) is 27.8 Å². The van der Waals surface area contributed by atoms with Gasteiger partial charge in [-0.2, -0.15) is 16.1 Å². The van der Waals surface area contributed by atoms with Crippen molar-refractivity contribution in [3.8, 4) is 11.1 Å². The van der Waals surface area contributed by atoms with Crippen molar-refractivity contribution in [2.45, 2.75) is 58.5 Å². The Bertz CT molecular complexity index is 1430. The number of aliphatic carboxylic acids is 1. The summed E-state index contributed by atoms with van der Waals surface area (Å²) < 4.78 is 28.3. The number of sulfonamides is 1. The molecule has 42 heavy (non-hydrogen) atoms. The zero-order valence-corrected chi connectivity index (χ0v) is 26.3. The molecular weight excluding hydrogens is 569 g/mol. The number of hydrogen-bond acceptors (Lipinski definition) is 5. The van der Waals surface area contributed by atoms with Crippen LogP contribution in [0.5, 0.6) is 0 Å². The van der Waals surface area contributed by atoms with Crippen molar-refractivity contribution in [3.05, 3.63) is 95.1 Å². The molecule has 0 saturated heterocycles. The minimum atomic E-state index is -3.51. The van der Waals surface area contributed by atoms with Crippen LogP contribution >= 0.6 is 11.8 Å². The van der Waals surface area contributed by atoms with Crippen LogP contribution in [0.15, 0.2) is 72.8 Å². The molecule has 3 aromatic carbocycles. The second kappa shape index (κ2) is 16.5. The zero-order valence-electron chi connectivity index (χ0n) is 24.7. The number of benzene rings is 3. The van der Waals surface area contributed by atoms with Crippen molar-refractivity contribution in [3.63, 3.8) is 0 Å². The van der Waals surface area contributed by atoms with Crippen LogP contribution in [0.1, 0.15) is 59.7 Å². The predicted octanol–water partition coefficient (Wildman–Crippen LogP) is 6.16. The van der Waals surface area contributed by atoms with E-state index in [2.05, 4.69) is 5.32 Å². The molecule has 3 aromatic rings. The largest absolute Gasteiger partial charge is 0.480 e. The molecule has 226 valence electrons. The van der Waals surface area contributed by atoms with Crippen LogP contribution < -0.4 is 5.32 Å². The molecule has 0 fully saturated rings. The monoisotopic (exact) mass is 610 g/mol. The van der Waals surface area contributed by atoms with Gasteiger partial charge in [-0.3, -0.25) is 4.79 Å². The first kappa shape index (κ1) is 33.4. The number of aryl methyl sites for hydroxylation is 1. The lowest BCUT2D eigenvalue weighted by Crippen LogP contribution is -2.41. The van der Waals surface area contributed by atoms with Crippen LogP contribution in [-0.4, -0.2) is 60.1 Å². The van der Waals surface area contributed by atoms with E-state index < -0.39 is 27.9 Å². The Morgan fingerprint density at radius 1 is 0.952 bits per heavy atom. The molecule has 0 saturated carbocycles. The van der Waals surface area contributed by atoms with E-state index in [0.717, 1.165) is 34.4 Å². The molecule has 0 bridgehead atoms. The third-order valence-corrected chi connectivity index (χ3v) is 9.81. The first-order valence-electron chi connectivity index (χ1n) is 14.4. The van der Waals surface area contributed by atoms with Gasteiger partial charge in [0.25, 0.3) is 5.91 Å². The van der Waals surface area contributed by atoms with Gasteiger partial charge in [0.1, 0.15) is 6.04 Å². The van der Waals surface area contributed by atoms with E-state index in [1.54, 1.807) is 28.2 Å². The maximum Gasteiger partial charge on any atom is 0.326 e. The van der Waals surface area contributed by atoms with Gasteiger partial charge in [-0.15, -0.1) is 0 Å². The van der Waals surface area contributed by atoms with E-state index in [-0.39, 0.29) is 12.3 Å². The summed E-state index contributed by atoms with van der Waals surface area (Å²) in [6.45, 7) is 4.44. The lowest BCUT2D eigenvalue weighted by atomic mass is 9.93. The molecule has 3 rings (SSSR count). The third kappa shape index (κ3) is 9.71. The fraction of sp³-hybridized carbons (Fsp3) is 0.394. The van der Waals surface area contributed by atoms with E-state index in [1.807, 2.05) is 80.8 Å². The molecule has 2 N–H and O–H groups in total. The van der Waals surface area contributed by atoms with Gasteiger partial charge in [0.05, 0.1) is 5.75 Å². The number of carbonyl (C=O) groups is 2. The predicted molar refractivity (Wildman–Crippen MR) is 172 cm³/mol. The second-order valence-electron chi connectivity index (χ2n) is 10.4. The maximum absolute atomic E-state index is 13.5. The van der Waals surface area contributed by atoms with Gasteiger partial charge in [0, 0.05) is 18.7 Å². The summed E-state index contributed by atoms with van der Waals surface area (Å²) in [7, 11) is -3.51. The van der Waals surface area contributed by atoms with Crippen molar-refractivity contribution in [2.24, 2.45) is 0 Å². The van der Waals surface area contributed by atoms with E-state index in [0.29, 0.717) is 43.4 Å². The summed E-state index contributed by atoms with van der Waals surface area (Å²) in [5, 5.41) is 12.4. The van der Waals surface area contributed by atoms with Gasteiger partial charge in [-0.1, -0.05) is 74.0 Å². The molecule has 7 nitrogen and oxygen atoms in total. The van der Waals surface area contributed by atoms with Crippen molar-refractivity contribution in [2.75, 3.05) is 24.3 Å². The summed E-state index contributed by atoms with van der Waals surface area (Å²) in [6, 6.07) is 21.8. The number of amides is 1. The van der Waals surface area contributed by atoms with E-state index in [1.165, 1.54) is 0 Å². The summed E-state index contributed by atoms with van der Waals surface area (Å²) in [4.78, 5) is 25.4. The molecule has 0 radical (unpaired) electrons. The second-order valence-corrected chi connectivity index (χ2v) is 13.5. The molecule has 0 aliphatic heterocycles. The quantitative estimate of drug-likeness (QED) is 0.177. The summed E-state index contributed by atoms with van der Waals surface area (Å²) >= 11 is 1.63. The lowest BCUT2D eigenvalue weighted by Gasteiger charge is -2.23. The average molecular weight is 611 g/mol. The molecule has 0 aliphatic rings. The molecular formula is C33H42N2O5S2. The van der Waals surface area contributed by atoms with Gasteiger partial charge in [0.2, 0.25) is 10.0 Å². The Kier molecular flexibility index (Phi) is 13.1. The molecule has 1 amide bonds. The SMILES string of the molecule is CCCCS(=O)(=O)N(CCc1ccccc1)Cc1ccc(C(=O)NC(CCCSC)C(=O)O)c(-c2ccccc2C)c1. The Hall–Kier alpha value is -3.14. The fourth-order valence-corrected chi connectivity index (χ4v) is 6.87. The van der Waals surface area contributed by atoms with Gasteiger partial charge >= 0.3 is 5.97 Å². The van der Waals surface area contributed by atoms with E-state index in [4.69, 9.17) is 0 Å². The number of carboxylic acids is 1. The highest BCUT2D eigenvalue weighted by atomic mass is 32.2. The smallest absolute Gasteiger partial charge is 0.326 e. The Balaban J connectivity index is 1.96. The summed E-state index contributed by atoms with van der Waals surface area (Å²) in [6.07, 6.45) is 4.92. The van der Waals surface area contributed by atoms with Crippen molar-refractivity contribution < 1.29 is 23.1 Å². The van der Waals surface area contributed by atoms with Crippen LogP contribution in [0.2, 0.25) is 0 Å². The van der Waals surface area contributed by atoms with Crippen LogP contribution in [0.3, 0.4) is 0 Å². The van der Waals surface area contributed by atoms with Crippen LogP contribution in [0.4, 0.5) is 0 Å². The fourth-order valence-electron chi connectivity index (χ4n) is 4.79. The normalized spacial score (nSPS) is 12.3. The Morgan fingerprint density at radius 2 is 1.67 bits per heavy atom. The highest BCUT2D eigenvalue weighted by molar-refractivity contribution is 7.98. The summed E-state index contributed by atoms with van der Waals surface area (Å²) in [5.74, 6) is -0.640. The number of thioether (sulfide) groups is 1. The number of rotatable bonds is 17. The minimum absolute atomic E-state index is 0.0799. The van der Waals surface area contributed by atoms with E-state index >= 15 is 0 Å². The highest BCUT2D eigenvalue weighted by Crippen LogP contribution is 2.29. The number of carboxylic acid groups (broad SMARTS) is 1. The lowest BCUT2D eigenvalue weighted by molar-refractivity contribution is -0.139. The average Bonchev–Trinajstić information content (AvgIpc) is 2.98. The van der Waals surface area contributed by atoms with Crippen LogP contribution in [0, 0.1) is 6.92 Å². The number of unbranched alkanes of at least 4 members (excludes halogenated alkanes) is 1. The first-order valence-corrected chi connectivity index (χ1v) is 17.4. The molecule has 1 unspecified atom stereocenters. The molecule has 0 spiro atoms. The van der Waals surface area contributed by atoms with Gasteiger partial charge in [-0.25, -0.2) is 13.2 Å². The first-order chi connectivity index (χ1) is 20.2. The van der Waals surface area contributed by atoms with Gasteiger partial charge in [-0.05, 0) is 84.6 Å². The minimum Gasteiger partial charge on any atom is -0.480 e. The molecule has 1 atom stereocenters. The number of nitrogens with one attached hydrogen (secondary N) is 1. The molecule has 0 aromatic heterocycles. The van der Waals surface area contributed by atoms with Crippen molar-refractivity contribution >= 4 is 33.7 Å². The van der Waals surface area contributed by atoms with Crippen molar-refractivity contribution in [1.82, 2.24) is 9.62 Å². The van der Waals surface area contributed by atoms with Gasteiger partial charge < -0.3 is 10.4 Å². The number of hydrogen-bond donors (Lipinski definition) is 2. The molecule has 0 aliphatic carbocycles.